The zero-order valence-corrected chi connectivity index (χ0v) is 11.9. The first kappa shape index (κ1) is 16.4. The van der Waals surface area contributed by atoms with Gasteiger partial charge in [0.05, 0.1) is 19.6 Å². The first-order chi connectivity index (χ1) is 9.18. The molecule has 1 aliphatic heterocycles. The largest absolute Gasteiger partial charge is 0.370 e. The number of unbranched alkanes of at least 4 members (excludes halogenated alkanes) is 6. The summed E-state index contributed by atoms with van der Waals surface area (Å²) in [4.78, 5) is 11.0. The lowest BCUT2D eigenvalue weighted by molar-refractivity contribution is -0.172. The molecular weight excluding hydrogens is 244 g/mol. The van der Waals surface area contributed by atoms with E-state index in [-0.39, 0.29) is 12.3 Å². The molecule has 5 nitrogen and oxygen atoms in total. The zero-order valence-electron chi connectivity index (χ0n) is 11.9. The van der Waals surface area contributed by atoms with Gasteiger partial charge in [-0.15, -0.1) is 0 Å². The number of ether oxygens (including phenoxy) is 2. The molecule has 0 aliphatic carbocycles. The van der Waals surface area contributed by atoms with E-state index in [0.717, 1.165) is 32.2 Å². The Hall–Kier alpha value is -0.650. The minimum Gasteiger partial charge on any atom is -0.370 e. The normalized spacial score (nSPS) is 17.7. The molecule has 0 aromatic heterocycles. The van der Waals surface area contributed by atoms with Crippen LogP contribution in [0.4, 0.5) is 0 Å². The van der Waals surface area contributed by atoms with Crippen molar-refractivity contribution in [3.8, 4) is 0 Å². The molecule has 1 saturated heterocycles. The Balaban J connectivity index is 2.07. The van der Waals surface area contributed by atoms with Gasteiger partial charge >= 0.3 is 0 Å². The van der Waals surface area contributed by atoms with Crippen LogP contribution in [0.1, 0.15) is 57.8 Å². The number of carbonyl (C=O) groups is 1. The summed E-state index contributed by atoms with van der Waals surface area (Å²) >= 11 is 0. The zero-order chi connectivity index (χ0) is 14.0. The summed E-state index contributed by atoms with van der Waals surface area (Å²) in [5, 5.41) is 0. The van der Waals surface area contributed by atoms with Crippen LogP contribution >= 0.6 is 0 Å². The Morgan fingerprint density at radius 2 is 1.47 bits per heavy atom. The maximum Gasteiger partial charge on any atom is 0.222 e. The van der Waals surface area contributed by atoms with Crippen molar-refractivity contribution in [3.05, 3.63) is 0 Å². The average molecular weight is 272 g/mol. The molecule has 5 heteroatoms. The maximum absolute atomic E-state index is 11.0. The van der Waals surface area contributed by atoms with Gasteiger partial charge in [0, 0.05) is 6.42 Å². The van der Waals surface area contributed by atoms with E-state index in [1.165, 1.54) is 25.7 Å². The number of amides is 1. The van der Waals surface area contributed by atoms with Gasteiger partial charge in [-0.05, 0) is 19.4 Å². The molecule has 1 aliphatic rings. The minimum atomic E-state index is -0.731. The van der Waals surface area contributed by atoms with E-state index in [0.29, 0.717) is 13.2 Å². The molecule has 4 N–H and O–H groups in total. The van der Waals surface area contributed by atoms with Crippen LogP contribution in [0, 0.1) is 0 Å². The summed E-state index contributed by atoms with van der Waals surface area (Å²) < 4.78 is 11.1. The molecule has 0 bridgehead atoms. The molecule has 1 fully saturated rings. The first-order valence-corrected chi connectivity index (χ1v) is 7.45. The Kier molecular flexibility index (Phi) is 8.02. The Morgan fingerprint density at radius 3 is 2.00 bits per heavy atom. The molecule has 1 amide bonds. The number of carbonyl (C=O) groups excluding carboxylic acids is 1. The predicted molar refractivity (Wildman–Crippen MR) is 74.4 cm³/mol. The van der Waals surface area contributed by atoms with Crippen LogP contribution in [0.25, 0.3) is 0 Å². The average Bonchev–Trinajstić information content (AvgIpc) is 2.80. The van der Waals surface area contributed by atoms with Gasteiger partial charge in [0.1, 0.15) is 0 Å². The van der Waals surface area contributed by atoms with Crippen molar-refractivity contribution in [3.63, 3.8) is 0 Å². The molecule has 112 valence electrons. The third-order valence-corrected chi connectivity index (χ3v) is 3.52. The minimum absolute atomic E-state index is 0.170. The van der Waals surface area contributed by atoms with Gasteiger partial charge in [-0.25, -0.2) is 0 Å². The highest BCUT2D eigenvalue weighted by molar-refractivity contribution is 5.74. The Morgan fingerprint density at radius 1 is 0.947 bits per heavy atom. The van der Waals surface area contributed by atoms with Crippen molar-refractivity contribution >= 4 is 5.91 Å². The van der Waals surface area contributed by atoms with Gasteiger partial charge < -0.3 is 20.9 Å². The monoisotopic (exact) mass is 272 g/mol. The maximum atomic E-state index is 11.0. The van der Waals surface area contributed by atoms with E-state index >= 15 is 0 Å². The number of hydrogen-bond acceptors (Lipinski definition) is 4. The standard InChI is InChI=1S/C14H28N2O3/c15-9-7-5-3-1-2-4-6-8-14(12-13(16)17)18-10-11-19-14/h1-12,15H2,(H2,16,17). The smallest absolute Gasteiger partial charge is 0.222 e. The van der Waals surface area contributed by atoms with Crippen LogP contribution in [-0.4, -0.2) is 31.5 Å². The summed E-state index contributed by atoms with van der Waals surface area (Å²) in [6, 6.07) is 0. The van der Waals surface area contributed by atoms with E-state index in [2.05, 4.69) is 0 Å². The van der Waals surface area contributed by atoms with E-state index in [1.807, 2.05) is 0 Å². The van der Waals surface area contributed by atoms with Gasteiger partial charge in [-0.3, -0.25) is 4.79 Å². The van der Waals surface area contributed by atoms with Crippen molar-refractivity contribution in [2.75, 3.05) is 19.8 Å². The molecule has 0 spiro atoms. The summed E-state index contributed by atoms with van der Waals surface area (Å²) in [5.74, 6) is -1.09. The second-order valence-corrected chi connectivity index (χ2v) is 5.26. The summed E-state index contributed by atoms with van der Waals surface area (Å²) in [7, 11) is 0. The van der Waals surface area contributed by atoms with Gasteiger partial charge in [0.2, 0.25) is 5.91 Å². The van der Waals surface area contributed by atoms with Crippen molar-refractivity contribution in [2.45, 2.75) is 63.6 Å². The first-order valence-electron chi connectivity index (χ1n) is 7.45. The fourth-order valence-corrected chi connectivity index (χ4v) is 2.52. The van der Waals surface area contributed by atoms with E-state index in [4.69, 9.17) is 20.9 Å². The highest BCUT2D eigenvalue weighted by atomic mass is 16.7. The predicted octanol–water partition coefficient (Wildman–Crippen LogP) is 1.68. The molecule has 0 aromatic carbocycles. The highest BCUT2D eigenvalue weighted by Crippen LogP contribution is 2.29. The summed E-state index contributed by atoms with van der Waals surface area (Å²) in [5.41, 5.74) is 10.7. The quantitative estimate of drug-likeness (QED) is 0.560. The second kappa shape index (κ2) is 9.28. The highest BCUT2D eigenvalue weighted by Gasteiger charge is 2.37. The topological polar surface area (TPSA) is 87.6 Å². The second-order valence-electron chi connectivity index (χ2n) is 5.26. The van der Waals surface area contributed by atoms with Crippen LogP contribution in [-0.2, 0) is 14.3 Å². The van der Waals surface area contributed by atoms with E-state index < -0.39 is 5.79 Å². The van der Waals surface area contributed by atoms with Crippen molar-refractivity contribution in [1.29, 1.82) is 0 Å². The lowest BCUT2D eigenvalue weighted by Crippen LogP contribution is -2.35. The van der Waals surface area contributed by atoms with Crippen molar-refractivity contribution < 1.29 is 14.3 Å². The number of primary amides is 1. The molecular formula is C14H28N2O3. The fraction of sp³-hybridized carbons (Fsp3) is 0.929. The van der Waals surface area contributed by atoms with Crippen LogP contribution < -0.4 is 11.5 Å². The third-order valence-electron chi connectivity index (χ3n) is 3.52. The van der Waals surface area contributed by atoms with Gasteiger partial charge in [0.15, 0.2) is 5.79 Å². The van der Waals surface area contributed by atoms with Crippen molar-refractivity contribution in [1.82, 2.24) is 0 Å². The summed E-state index contributed by atoms with van der Waals surface area (Å²) in [6.07, 6.45) is 9.19. The Bertz CT molecular complexity index is 253. The SMILES string of the molecule is NCCCCCCCCCC1(CC(N)=O)OCCO1. The van der Waals surface area contributed by atoms with E-state index in [1.54, 1.807) is 0 Å². The van der Waals surface area contributed by atoms with Gasteiger partial charge in [0.25, 0.3) is 0 Å². The molecule has 0 unspecified atom stereocenters. The van der Waals surface area contributed by atoms with Crippen LogP contribution in [0.5, 0.6) is 0 Å². The summed E-state index contributed by atoms with van der Waals surface area (Å²) in [6.45, 7) is 1.92. The van der Waals surface area contributed by atoms with Crippen molar-refractivity contribution in [2.24, 2.45) is 11.5 Å². The molecule has 0 radical (unpaired) electrons. The third kappa shape index (κ3) is 6.89. The number of hydrogen-bond donors (Lipinski definition) is 2. The van der Waals surface area contributed by atoms with Crippen LogP contribution in [0.3, 0.4) is 0 Å². The number of nitrogens with two attached hydrogens (primary N) is 2. The molecule has 1 rings (SSSR count). The molecule has 0 saturated carbocycles. The van der Waals surface area contributed by atoms with Gasteiger partial charge in [-0.1, -0.05) is 32.1 Å². The lowest BCUT2D eigenvalue weighted by Gasteiger charge is -2.25. The van der Waals surface area contributed by atoms with E-state index in [9.17, 15) is 4.79 Å². The van der Waals surface area contributed by atoms with Gasteiger partial charge in [-0.2, -0.15) is 0 Å². The Labute approximate surface area is 116 Å². The van der Waals surface area contributed by atoms with Crippen LogP contribution in [0.2, 0.25) is 0 Å². The molecule has 0 aromatic rings. The van der Waals surface area contributed by atoms with Crippen LogP contribution in [0.15, 0.2) is 0 Å². The molecule has 19 heavy (non-hydrogen) atoms. The fourth-order valence-electron chi connectivity index (χ4n) is 2.52. The number of rotatable bonds is 11. The molecule has 1 heterocycles. The molecule has 0 atom stereocenters. The lowest BCUT2D eigenvalue weighted by atomic mass is 10.0.